The van der Waals surface area contributed by atoms with Gasteiger partial charge in [-0.1, -0.05) is 42.5 Å². The number of Topliss-reactive ketones (excluding diaryl/α,β-unsaturated/α-hetero) is 1. The minimum atomic E-state index is -0.960. The molecule has 0 aromatic heterocycles. The number of ether oxygens (including phenoxy) is 2. The lowest BCUT2D eigenvalue weighted by Gasteiger charge is -2.28. The first-order chi connectivity index (χ1) is 17.3. The minimum absolute atomic E-state index is 0.00977. The Balaban J connectivity index is 1.81. The van der Waals surface area contributed by atoms with Gasteiger partial charge in [0.2, 0.25) is 0 Å². The van der Waals surface area contributed by atoms with E-state index in [-0.39, 0.29) is 29.2 Å². The second kappa shape index (κ2) is 10.6. The number of phenols is 1. The fourth-order valence-corrected chi connectivity index (χ4v) is 4.45. The zero-order valence-electron chi connectivity index (χ0n) is 20.5. The van der Waals surface area contributed by atoms with Gasteiger partial charge in [0.05, 0.1) is 31.0 Å². The van der Waals surface area contributed by atoms with Crippen LogP contribution in [0.15, 0.2) is 78.1 Å². The van der Waals surface area contributed by atoms with Crippen LogP contribution in [0.2, 0.25) is 0 Å². The maximum atomic E-state index is 13.5. The minimum Gasteiger partial charge on any atom is -0.506 e. The van der Waals surface area contributed by atoms with Crippen LogP contribution in [0.25, 0.3) is 0 Å². The first-order valence-corrected chi connectivity index (χ1v) is 11.8. The number of phenolic OH excluding ortho intramolecular Hbond substituents is 1. The maximum absolute atomic E-state index is 13.5. The molecule has 3 aromatic rings. The molecule has 0 saturated heterocycles. The molecule has 1 unspecified atom stereocenters. The van der Waals surface area contributed by atoms with Crippen LogP contribution in [0.5, 0.6) is 17.2 Å². The lowest BCUT2D eigenvalue weighted by atomic mass is 9.92. The number of aliphatic hydroxyl groups excluding tert-OH is 1. The van der Waals surface area contributed by atoms with Gasteiger partial charge >= 0.3 is 0 Å². The van der Waals surface area contributed by atoms with Gasteiger partial charge in [0.1, 0.15) is 5.75 Å². The number of aromatic hydroxyl groups is 1. The van der Waals surface area contributed by atoms with E-state index in [4.69, 9.17) is 9.47 Å². The summed E-state index contributed by atoms with van der Waals surface area (Å²) in [6, 6.07) is 18.6. The highest BCUT2D eigenvalue weighted by molar-refractivity contribution is 6.17. The number of methoxy groups -OCH3 is 1. The largest absolute Gasteiger partial charge is 0.506 e. The molecule has 1 aliphatic rings. The predicted molar refractivity (Wildman–Crippen MR) is 137 cm³/mol. The van der Waals surface area contributed by atoms with E-state index in [1.54, 1.807) is 30.3 Å². The quantitative estimate of drug-likeness (QED) is 0.430. The van der Waals surface area contributed by atoms with Crippen molar-refractivity contribution in [1.29, 1.82) is 0 Å². The number of aliphatic hydroxyl groups is 1. The molecule has 7 nitrogen and oxygen atoms in total. The molecule has 1 aliphatic heterocycles. The summed E-state index contributed by atoms with van der Waals surface area (Å²) in [5.74, 6) is -0.909. The van der Waals surface area contributed by atoms with Crippen LogP contribution >= 0.6 is 0 Å². The van der Waals surface area contributed by atoms with Crippen molar-refractivity contribution < 1.29 is 29.3 Å². The number of rotatable bonds is 9. The van der Waals surface area contributed by atoms with Crippen molar-refractivity contribution in [2.75, 3.05) is 18.6 Å². The van der Waals surface area contributed by atoms with Crippen LogP contribution < -0.4 is 14.4 Å². The molecule has 2 N–H and O–H groups in total. The van der Waals surface area contributed by atoms with Gasteiger partial charge in [-0.25, -0.2) is 0 Å². The highest BCUT2D eigenvalue weighted by Crippen LogP contribution is 2.46. The average Bonchev–Trinajstić information content (AvgIpc) is 3.15. The third-order valence-corrected chi connectivity index (χ3v) is 6.19. The van der Waals surface area contributed by atoms with Crippen molar-refractivity contribution in [3.8, 4) is 17.2 Å². The van der Waals surface area contributed by atoms with Crippen LogP contribution in [-0.2, 0) is 16.0 Å². The van der Waals surface area contributed by atoms with E-state index in [9.17, 15) is 19.8 Å². The van der Waals surface area contributed by atoms with Gasteiger partial charge in [-0.2, -0.15) is 0 Å². The van der Waals surface area contributed by atoms with Gasteiger partial charge in [-0.3, -0.25) is 14.5 Å². The number of aryl methyl sites for hydroxylation is 2. The van der Waals surface area contributed by atoms with E-state index in [0.29, 0.717) is 30.1 Å². The fraction of sp³-hybridized carbons (Fsp3) is 0.241. The third-order valence-electron chi connectivity index (χ3n) is 6.19. The molecule has 0 fully saturated rings. The molecule has 186 valence electrons. The smallest absolute Gasteiger partial charge is 0.294 e. The Morgan fingerprint density at radius 2 is 1.75 bits per heavy atom. The Morgan fingerprint density at radius 1 is 1.00 bits per heavy atom. The first-order valence-electron chi connectivity index (χ1n) is 11.8. The highest BCUT2D eigenvalue weighted by atomic mass is 16.5. The predicted octanol–water partition coefficient (Wildman–Crippen LogP) is 5.21. The average molecular weight is 488 g/mol. The number of anilines is 1. The number of carbonyl (C=O) groups is 2. The number of amides is 1. The molecule has 7 heteroatoms. The van der Waals surface area contributed by atoms with Gasteiger partial charge in [0, 0.05) is 6.42 Å². The fourth-order valence-electron chi connectivity index (χ4n) is 4.45. The number of hydrogen-bond donors (Lipinski definition) is 2. The first kappa shape index (κ1) is 24.9. The van der Waals surface area contributed by atoms with E-state index < -0.39 is 17.7 Å². The van der Waals surface area contributed by atoms with E-state index in [1.807, 2.05) is 44.2 Å². The summed E-state index contributed by atoms with van der Waals surface area (Å²) in [5.41, 5.74) is 2.52. The Hall–Kier alpha value is -4.26. The second-order valence-electron chi connectivity index (χ2n) is 8.58. The molecule has 0 radical (unpaired) electrons. The van der Waals surface area contributed by atoms with E-state index >= 15 is 0 Å². The van der Waals surface area contributed by atoms with E-state index in [2.05, 4.69) is 0 Å². The van der Waals surface area contributed by atoms with Crippen LogP contribution in [0.4, 0.5) is 5.69 Å². The monoisotopic (exact) mass is 487 g/mol. The van der Waals surface area contributed by atoms with Gasteiger partial charge in [0.25, 0.3) is 5.91 Å². The molecule has 4 rings (SSSR count). The summed E-state index contributed by atoms with van der Waals surface area (Å²) in [6.45, 7) is 4.06. The molecule has 0 saturated carbocycles. The Kier molecular flexibility index (Phi) is 7.29. The Labute approximate surface area is 210 Å². The standard InChI is InChI=1S/C29H29NO6/c1-4-36-25-17-20(12-15-24(25)35-3)27-26(23(32)14-11-19-8-6-5-7-9-19)28(33)29(34)30(27)21-16-18(2)10-13-22(21)31/h5-10,12-13,15-17,27,31,33H,4,11,14H2,1-3H3. The number of ketones is 1. The molecule has 3 aromatic carbocycles. The van der Waals surface area contributed by atoms with Crippen molar-refractivity contribution in [3.63, 3.8) is 0 Å². The molecule has 1 atom stereocenters. The molecule has 0 bridgehead atoms. The number of carbonyl (C=O) groups excluding carboxylic acids is 2. The van der Waals surface area contributed by atoms with Crippen LogP contribution in [-0.4, -0.2) is 35.6 Å². The molecule has 1 amide bonds. The lowest BCUT2D eigenvalue weighted by molar-refractivity contribution is -0.118. The van der Waals surface area contributed by atoms with Crippen molar-refractivity contribution in [1.82, 2.24) is 0 Å². The van der Waals surface area contributed by atoms with E-state index in [0.717, 1.165) is 11.1 Å². The van der Waals surface area contributed by atoms with Crippen molar-refractivity contribution in [2.45, 2.75) is 32.7 Å². The number of benzene rings is 3. The number of hydrogen-bond acceptors (Lipinski definition) is 6. The molecule has 1 heterocycles. The van der Waals surface area contributed by atoms with Crippen LogP contribution in [0, 0.1) is 6.92 Å². The second-order valence-corrected chi connectivity index (χ2v) is 8.58. The lowest BCUT2D eigenvalue weighted by Crippen LogP contribution is -2.31. The SMILES string of the molecule is CCOc1cc(C2C(C(=O)CCc3ccccc3)=C(O)C(=O)N2c2cc(C)ccc2O)ccc1OC. The molecule has 36 heavy (non-hydrogen) atoms. The summed E-state index contributed by atoms with van der Waals surface area (Å²) >= 11 is 0. The maximum Gasteiger partial charge on any atom is 0.294 e. The topological polar surface area (TPSA) is 96.3 Å². The van der Waals surface area contributed by atoms with Crippen LogP contribution in [0.3, 0.4) is 0 Å². The number of nitrogens with zero attached hydrogens (tertiary/aromatic N) is 1. The molecule has 0 aliphatic carbocycles. The summed E-state index contributed by atoms with van der Waals surface area (Å²) in [7, 11) is 1.53. The highest BCUT2D eigenvalue weighted by Gasteiger charge is 2.45. The zero-order valence-corrected chi connectivity index (χ0v) is 20.5. The van der Waals surface area contributed by atoms with Gasteiger partial charge in [-0.15, -0.1) is 0 Å². The summed E-state index contributed by atoms with van der Waals surface area (Å²) < 4.78 is 11.1. The van der Waals surface area contributed by atoms with Crippen molar-refractivity contribution in [2.24, 2.45) is 0 Å². The van der Waals surface area contributed by atoms with Crippen molar-refractivity contribution >= 4 is 17.4 Å². The normalized spacial score (nSPS) is 15.4. The van der Waals surface area contributed by atoms with Crippen LogP contribution in [0.1, 0.15) is 36.1 Å². The summed E-state index contributed by atoms with van der Waals surface area (Å²) in [4.78, 5) is 28.1. The third kappa shape index (κ3) is 4.77. The summed E-state index contributed by atoms with van der Waals surface area (Å²) in [6.07, 6.45) is 0.565. The molecular formula is C29H29NO6. The van der Waals surface area contributed by atoms with Gasteiger partial charge in [0.15, 0.2) is 23.0 Å². The van der Waals surface area contributed by atoms with Gasteiger partial charge < -0.3 is 19.7 Å². The summed E-state index contributed by atoms with van der Waals surface area (Å²) in [5, 5.41) is 21.6. The molecular weight excluding hydrogens is 458 g/mol. The van der Waals surface area contributed by atoms with E-state index in [1.165, 1.54) is 18.1 Å². The Morgan fingerprint density at radius 3 is 2.44 bits per heavy atom. The molecule has 0 spiro atoms. The van der Waals surface area contributed by atoms with Gasteiger partial charge in [-0.05, 0) is 61.2 Å². The zero-order chi connectivity index (χ0) is 25.8. The Bertz CT molecular complexity index is 1310. The van der Waals surface area contributed by atoms with Crippen molar-refractivity contribution in [3.05, 3.63) is 94.8 Å².